The van der Waals surface area contributed by atoms with Gasteiger partial charge in [0, 0.05) is 12.7 Å². The number of nitrogens with one attached hydrogen (secondary N) is 2. The van der Waals surface area contributed by atoms with Crippen LogP contribution in [0.25, 0.3) is 0 Å². The molecule has 102 valence electrons. The first-order valence-electron chi connectivity index (χ1n) is 6.59. The third-order valence-electron chi connectivity index (χ3n) is 3.33. The average Bonchev–Trinajstić information content (AvgIpc) is 2.45. The lowest BCUT2D eigenvalue weighted by Gasteiger charge is -2.19. The zero-order chi connectivity index (χ0) is 13.7. The molecule has 0 unspecified atom stereocenters. The number of rotatable bonds is 3. The molecule has 1 aromatic rings. The molecule has 0 aromatic heterocycles. The Kier molecular flexibility index (Phi) is 4.39. The minimum absolute atomic E-state index is 0.0460. The standard InChI is InChI=1S/C14H20N4O/c1-16-13(19)9-17-14(15)18-12-8-4-6-10-5-2-3-7-11(10)12/h4,6,8H,2-3,5,7,9H2,1H3,(H,16,19)(H3,15,17,18). The van der Waals surface area contributed by atoms with Crippen LogP contribution in [0.15, 0.2) is 23.2 Å². The van der Waals surface area contributed by atoms with Crippen molar-refractivity contribution in [3.05, 3.63) is 29.3 Å². The summed E-state index contributed by atoms with van der Waals surface area (Å²) in [5.41, 5.74) is 9.52. The van der Waals surface area contributed by atoms with Gasteiger partial charge >= 0.3 is 0 Å². The molecule has 0 radical (unpaired) electrons. The van der Waals surface area contributed by atoms with Gasteiger partial charge in [0.1, 0.15) is 6.54 Å². The minimum Gasteiger partial charge on any atom is -0.370 e. The van der Waals surface area contributed by atoms with Gasteiger partial charge in [-0.1, -0.05) is 12.1 Å². The van der Waals surface area contributed by atoms with Gasteiger partial charge < -0.3 is 16.4 Å². The summed E-state index contributed by atoms with van der Waals surface area (Å²) in [7, 11) is 1.58. The van der Waals surface area contributed by atoms with Crippen LogP contribution in [-0.2, 0) is 17.6 Å². The molecular formula is C14H20N4O. The fraction of sp³-hybridized carbons (Fsp3) is 0.429. The van der Waals surface area contributed by atoms with Gasteiger partial charge in [0.2, 0.25) is 5.91 Å². The summed E-state index contributed by atoms with van der Waals surface area (Å²) in [6, 6.07) is 6.20. The van der Waals surface area contributed by atoms with Crippen LogP contribution in [0.2, 0.25) is 0 Å². The second kappa shape index (κ2) is 6.22. The number of aliphatic imine (C=N–C) groups is 1. The molecule has 0 atom stereocenters. The summed E-state index contributed by atoms with van der Waals surface area (Å²) in [6.07, 6.45) is 4.65. The Morgan fingerprint density at radius 1 is 1.37 bits per heavy atom. The number of fused-ring (bicyclic) bond motifs is 1. The van der Waals surface area contributed by atoms with E-state index in [1.807, 2.05) is 12.1 Å². The summed E-state index contributed by atoms with van der Waals surface area (Å²) < 4.78 is 0. The maximum atomic E-state index is 11.1. The highest BCUT2D eigenvalue weighted by Gasteiger charge is 2.13. The first-order chi connectivity index (χ1) is 9.20. The molecule has 0 heterocycles. The van der Waals surface area contributed by atoms with Crippen LogP contribution in [0, 0.1) is 0 Å². The van der Waals surface area contributed by atoms with Crippen molar-refractivity contribution in [2.24, 2.45) is 10.7 Å². The van der Waals surface area contributed by atoms with E-state index in [9.17, 15) is 4.79 Å². The summed E-state index contributed by atoms with van der Waals surface area (Å²) in [6.45, 7) is 0.0460. The van der Waals surface area contributed by atoms with Gasteiger partial charge in [-0.3, -0.25) is 4.79 Å². The number of guanidine groups is 1. The number of amides is 1. The van der Waals surface area contributed by atoms with E-state index in [0.29, 0.717) is 0 Å². The van der Waals surface area contributed by atoms with E-state index in [0.717, 1.165) is 18.5 Å². The number of aryl methyl sites for hydroxylation is 1. The van der Waals surface area contributed by atoms with Crippen LogP contribution in [0.5, 0.6) is 0 Å². The molecule has 0 saturated carbocycles. The predicted molar refractivity (Wildman–Crippen MR) is 77.3 cm³/mol. The Labute approximate surface area is 113 Å². The fourth-order valence-corrected chi connectivity index (χ4v) is 2.31. The van der Waals surface area contributed by atoms with E-state index in [-0.39, 0.29) is 18.4 Å². The molecule has 5 heteroatoms. The predicted octanol–water partition coefficient (Wildman–Crippen LogP) is 1.04. The molecule has 0 saturated heterocycles. The number of carbonyl (C=O) groups is 1. The number of nitrogens with two attached hydrogens (primary N) is 1. The minimum atomic E-state index is -0.153. The van der Waals surface area contributed by atoms with E-state index in [4.69, 9.17) is 5.73 Å². The number of anilines is 1. The highest BCUT2D eigenvalue weighted by Crippen LogP contribution is 2.27. The topological polar surface area (TPSA) is 79.5 Å². The van der Waals surface area contributed by atoms with Gasteiger partial charge in [-0.25, -0.2) is 4.99 Å². The molecular weight excluding hydrogens is 240 g/mol. The fourth-order valence-electron chi connectivity index (χ4n) is 2.31. The number of hydrogen-bond donors (Lipinski definition) is 3. The van der Waals surface area contributed by atoms with Crippen molar-refractivity contribution in [3.63, 3.8) is 0 Å². The molecule has 0 aliphatic heterocycles. The number of carbonyl (C=O) groups excluding carboxylic acids is 1. The second-order valence-electron chi connectivity index (χ2n) is 4.65. The Bertz CT molecular complexity index is 496. The maximum Gasteiger partial charge on any atom is 0.241 e. The highest BCUT2D eigenvalue weighted by molar-refractivity contribution is 5.94. The number of likely N-dealkylation sites (N-methyl/N-ethyl adjacent to an activating group) is 1. The zero-order valence-corrected chi connectivity index (χ0v) is 11.2. The van der Waals surface area contributed by atoms with Crippen molar-refractivity contribution in [2.45, 2.75) is 25.7 Å². The molecule has 1 aliphatic carbocycles. The lowest BCUT2D eigenvalue weighted by Crippen LogP contribution is -2.27. The van der Waals surface area contributed by atoms with Crippen LogP contribution in [0.3, 0.4) is 0 Å². The van der Waals surface area contributed by atoms with E-state index < -0.39 is 0 Å². The van der Waals surface area contributed by atoms with Crippen molar-refractivity contribution in [2.75, 3.05) is 18.9 Å². The van der Waals surface area contributed by atoms with E-state index in [1.54, 1.807) is 7.05 Å². The van der Waals surface area contributed by atoms with Crippen molar-refractivity contribution in [3.8, 4) is 0 Å². The Morgan fingerprint density at radius 3 is 2.95 bits per heavy atom. The van der Waals surface area contributed by atoms with Crippen LogP contribution < -0.4 is 16.4 Å². The second-order valence-corrected chi connectivity index (χ2v) is 4.65. The molecule has 1 aromatic carbocycles. The van der Waals surface area contributed by atoms with Crippen LogP contribution >= 0.6 is 0 Å². The van der Waals surface area contributed by atoms with Gasteiger partial charge in [0.05, 0.1) is 0 Å². The zero-order valence-electron chi connectivity index (χ0n) is 11.2. The largest absolute Gasteiger partial charge is 0.370 e. The lowest BCUT2D eigenvalue weighted by molar-refractivity contribution is -0.119. The molecule has 0 fully saturated rings. The Morgan fingerprint density at radius 2 is 2.16 bits per heavy atom. The number of nitrogens with zero attached hydrogens (tertiary/aromatic N) is 1. The molecule has 0 spiro atoms. The molecule has 19 heavy (non-hydrogen) atoms. The lowest BCUT2D eigenvalue weighted by atomic mass is 9.90. The monoisotopic (exact) mass is 260 g/mol. The van der Waals surface area contributed by atoms with Crippen molar-refractivity contribution >= 4 is 17.6 Å². The van der Waals surface area contributed by atoms with Gasteiger partial charge in [0.25, 0.3) is 0 Å². The maximum absolute atomic E-state index is 11.1. The summed E-state index contributed by atoms with van der Waals surface area (Å²) in [5.74, 6) is 0.127. The summed E-state index contributed by atoms with van der Waals surface area (Å²) in [4.78, 5) is 15.1. The van der Waals surface area contributed by atoms with Crippen LogP contribution in [0.4, 0.5) is 5.69 Å². The number of benzene rings is 1. The third-order valence-corrected chi connectivity index (χ3v) is 3.33. The first kappa shape index (κ1) is 13.4. The van der Waals surface area contributed by atoms with Gasteiger partial charge in [-0.2, -0.15) is 0 Å². The average molecular weight is 260 g/mol. The van der Waals surface area contributed by atoms with Crippen molar-refractivity contribution < 1.29 is 4.79 Å². The van der Waals surface area contributed by atoms with E-state index in [2.05, 4.69) is 21.7 Å². The molecule has 5 nitrogen and oxygen atoms in total. The third kappa shape index (κ3) is 3.47. The normalized spacial score (nSPS) is 14.7. The highest BCUT2D eigenvalue weighted by atomic mass is 16.1. The van der Waals surface area contributed by atoms with E-state index >= 15 is 0 Å². The molecule has 1 aliphatic rings. The molecule has 2 rings (SSSR count). The summed E-state index contributed by atoms with van der Waals surface area (Å²) in [5, 5.41) is 5.60. The Balaban J connectivity index is 2.08. The SMILES string of the molecule is CNC(=O)CN=C(N)Nc1cccc2c1CCCC2. The Hall–Kier alpha value is -2.04. The number of hydrogen-bond acceptors (Lipinski definition) is 2. The smallest absolute Gasteiger partial charge is 0.241 e. The van der Waals surface area contributed by atoms with Crippen molar-refractivity contribution in [1.29, 1.82) is 0 Å². The molecule has 1 amide bonds. The van der Waals surface area contributed by atoms with Crippen molar-refractivity contribution in [1.82, 2.24) is 5.32 Å². The molecule has 0 bridgehead atoms. The summed E-state index contributed by atoms with van der Waals surface area (Å²) >= 11 is 0. The van der Waals surface area contributed by atoms with Gasteiger partial charge in [-0.15, -0.1) is 0 Å². The molecule has 4 N–H and O–H groups in total. The first-order valence-corrected chi connectivity index (χ1v) is 6.59. The van der Waals surface area contributed by atoms with E-state index in [1.165, 1.54) is 24.0 Å². The van der Waals surface area contributed by atoms with Gasteiger partial charge in [0.15, 0.2) is 5.96 Å². The van der Waals surface area contributed by atoms with Crippen LogP contribution in [0.1, 0.15) is 24.0 Å². The quantitative estimate of drug-likeness (QED) is 0.561. The van der Waals surface area contributed by atoms with Crippen LogP contribution in [-0.4, -0.2) is 25.5 Å². The van der Waals surface area contributed by atoms with Gasteiger partial charge in [-0.05, 0) is 42.9 Å².